The Morgan fingerprint density at radius 2 is 1.69 bits per heavy atom. The SMILES string of the molecule is CCOc1ccc(C2=N[C@@H](c3ccc(Cl)cc3)N[C@@H](c3cccc(OCC)c3O)C2)cc1. The fourth-order valence-corrected chi connectivity index (χ4v) is 4.03. The molecular weight excluding hydrogens is 424 g/mol. The van der Waals surface area contributed by atoms with E-state index in [9.17, 15) is 5.11 Å². The van der Waals surface area contributed by atoms with Crippen molar-refractivity contribution >= 4 is 17.3 Å². The molecule has 0 saturated heterocycles. The molecule has 1 aliphatic heterocycles. The first-order valence-corrected chi connectivity index (χ1v) is 11.2. The Kier molecular flexibility index (Phi) is 6.98. The van der Waals surface area contributed by atoms with Crippen molar-refractivity contribution in [2.45, 2.75) is 32.5 Å². The Morgan fingerprint density at radius 1 is 0.969 bits per heavy atom. The van der Waals surface area contributed by atoms with Crippen LogP contribution in [-0.2, 0) is 0 Å². The van der Waals surface area contributed by atoms with Gasteiger partial charge in [0.1, 0.15) is 11.9 Å². The van der Waals surface area contributed by atoms with Crippen LogP contribution < -0.4 is 14.8 Å². The van der Waals surface area contributed by atoms with E-state index in [2.05, 4.69) is 5.32 Å². The van der Waals surface area contributed by atoms with Gasteiger partial charge in [-0.1, -0.05) is 35.9 Å². The van der Waals surface area contributed by atoms with Crippen molar-refractivity contribution in [1.82, 2.24) is 5.32 Å². The number of phenolic OH excluding ortho intramolecular Hbond substituents is 1. The van der Waals surface area contributed by atoms with E-state index < -0.39 is 0 Å². The third-order valence-corrected chi connectivity index (χ3v) is 5.68. The van der Waals surface area contributed by atoms with Crippen LogP contribution >= 0.6 is 11.6 Å². The number of aliphatic imine (C=N–C) groups is 1. The van der Waals surface area contributed by atoms with Crippen LogP contribution in [0.4, 0.5) is 0 Å². The summed E-state index contributed by atoms with van der Waals surface area (Å²) >= 11 is 6.09. The van der Waals surface area contributed by atoms with Gasteiger partial charge in [0.15, 0.2) is 11.5 Å². The summed E-state index contributed by atoms with van der Waals surface area (Å²) in [4.78, 5) is 5.00. The van der Waals surface area contributed by atoms with Crippen molar-refractivity contribution in [2.75, 3.05) is 13.2 Å². The highest BCUT2D eigenvalue weighted by Gasteiger charge is 2.28. The third kappa shape index (κ3) is 4.90. The maximum atomic E-state index is 10.9. The molecule has 0 radical (unpaired) electrons. The molecule has 0 fully saturated rings. The van der Waals surface area contributed by atoms with Gasteiger partial charge in [0.2, 0.25) is 0 Å². The summed E-state index contributed by atoms with van der Waals surface area (Å²) in [5.41, 5.74) is 3.77. The summed E-state index contributed by atoms with van der Waals surface area (Å²) in [6.45, 7) is 4.98. The van der Waals surface area contributed by atoms with Gasteiger partial charge in [-0.05, 0) is 67.4 Å². The largest absolute Gasteiger partial charge is 0.504 e. The lowest BCUT2D eigenvalue weighted by atomic mass is 9.93. The Morgan fingerprint density at radius 3 is 2.38 bits per heavy atom. The molecule has 6 heteroatoms. The number of nitrogens with one attached hydrogen (secondary N) is 1. The molecule has 0 saturated carbocycles. The second kappa shape index (κ2) is 10.1. The second-order valence-corrected chi connectivity index (χ2v) is 7.97. The van der Waals surface area contributed by atoms with Crippen LogP contribution in [0.15, 0.2) is 71.7 Å². The highest BCUT2D eigenvalue weighted by Crippen LogP contribution is 2.39. The topological polar surface area (TPSA) is 63.1 Å². The predicted molar refractivity (Wildman–Crippen MR) is 128 cm³/mol. The van der Waals surface area contributed by atoms with Gasteiger partial charge in [-0.25, -0.2) is 0 Å². The van der Waals surface area contributed by atoms with Crippen LogP contribution in [0.25, 0.3) is 0 Å². The van der Waals surface area contributed by atoms with E-state index in [1.807, 2.05) is 74.5 Å². The molecule has 5 nitrogen and oxygen atoms in total. The molecule has 4 rings (SSSR count). The Hall–Kier alpha value is -3.02. The number of benzene rings is 3. The predicted octanol–water partition coefficient (Wildman–Crippen LogP) is 6.07. The van der Waals surface area contributed by atoms with Gasteiger partial charge in [-0.2, -0.15) is 0 Å². The molecule has 1 aliphatic rings. The lowest BCUT2D eigenvalue weighted by molar-refractivity contribution is 0.313. The second-order valence-electron chi connectivity index (χ2n) is 7.54. The zero-order chi connectivity index (χ0) is 22.5. The molecule has 1 heterocycles. The van der Waals surface area contributed by atoms with Crippen LogP contribution in [0.2, 0.25) is 5.02 Å². The average molecular weight is 451 g/mol. The summed E-state index contributed by atoms with van der Waals surface area (Å²) < 4.78 is 11.2. The summed E-state index contributed by atoms with van der Waals surface area (Å²) in [5, 5.41) is 15.1. The van der Waals surface area contributed by atoms with Crippen molar-refractivity contribution in [2.24, 2.45) is 4.99 Å². The number of halogens is 1. The molecule has 0 spiro atoms. The van der Waals surface area contributed by atoms with Crippen molar-refractivity contribution in [3.63, 3.8) is 0 Å². The molecule has 32 heavy (non-hydrogen) atoms. The Balaban J connectivity index is 1.71. The number of nitrogens with zero attached hydrogens (tertiary/aromatic N) is 1. The number of hydrogen-bond acceptors (Lipinski definition) is 5. The lowest BCUT2D eigenvalue weighted by Crippen LogP contribution is -2.33. The van der Waals surface area contributed by atoms with Gasteiger partial charge < -0.3 is 14.6 Å². The smallest absolute Gasteiger partial charge is 0.162 e. The van der Waals surface area contributed by atoms with Crippen LogP contribution in [-0.4, -0.2) is 24.0 Å². The van der Waals surface area contributed by atoms with Crippen molar-refractivity contribution in [1.29, 1.82) is 0 Å². The van der Waals surface area contributed by atoms with Gasteiger partial charge in [0.05, 0.1) is 13.2 Å². The van der Waals surface area contributed by atoms with E-state index in [1.165, 1.54) is 0 Å². The summed E-state index contributed by atoms with van der Waals surface area (Å²) in [6.07, 6.45) is 0.351. The van der Waals surface area contributed by atoms with E-state index in [-0.39, 0.29) is 18.0 Å². The van der Waals surface area contributed by atoms with E-state index in [1.54, 1.807) is 6.07 Å². The van der Waals surface area contributed by atoms with Crippen molar-refractivity contribution < 1.29 is 14.6 Å². The fourth-order valence-electron chi connectivity index (χ4n) is 3.90. The van der Waals surface area contributed by atoms with E-state index in [4.69, 9.17) is 26.1 Å². The van der Waals surface area contributed by atoms with Gasteiger partial charge in [0, 0.05) is 28.8 Å². The number of ether oxygens (including phenoxy) is 2. The maximum Gasteiger partial charge on any atom is 0.162 e. The molecule has 166 valence electrons. The zero-order valence-corrected chi connectivity index (χ0v) is 19.0. The van der Waals surface area contributed by atoms with Crippen LogP contribution in [0.5, 0.6) is 17.2 Å². The Labute approximate surface area is 193 Å². The normalized spacial score (nSPS) is 18.2. The molecule has 2 atom stereocenters. The van der Waals surface area contributed by atoms with Crippen molar-refractivity contribution in [3.05, 3.63) is 88.4 Å². The fraction of sp³-hybridized carbons (Fsp3) is 0.269. The van der Waals surface area contributed by atoms with Crippen LogP contribution in [0.1, 0.15) is 49.2 Å². The van der Waals surface area contributed by atoms with Gasteiger partial charge in [-0.15, -0.1) is 0 Å². The third-order valence-electron chi connectivity index (χ3n) is 5.43. The number of aromatic hydroxyl groups is 1. The molecule has 0 aromatic heterocycles. The highest BCUT2D eigenvalue weighted by atomic mass is 35.5. The molecule has 0 aliphatic carbocycles. The molecular formula is C26H27ClN2O3. The van der Waals surface area contributed by atoms with Crippen LogP contribution in [0, 0.1) is 0 Å². The average Bonchev–Trinajstić information content (AvgIpc) is 2.81. The number of para-hydroxylation sites is 1. The highest BCUT2D eigenvalue weighted by molar-refractivity contribution is 6.30. The molecule has 3 aromatic carbocycles. The van der Waals surface area contributed by atoms with Gasteiger partial charge in [-0.3, -0.25) is 10.3 Å². The van der Waals surface area contributed by atoms with E-state index >= 15 is 0 Å². The van der Waals surface area contributed by atoms with E-state index in [0.29, 0.717) is 30.4 Å². The zero-order valence-electron chi connectivity index (χ0n) is 18.2. The molecule has 3 aromatic rings. The minimum atomic E-state index is -0.275. The van der Waals surface area contributed by atoms with Crippen molar-refractivity contribution in [3.8, 4) is 17.2 Å². The minimum Gasteiger partial charge on any atom is -0.504 e. The maximum absolute atomic E-state index is 10.9. The van der Waals surface area contributed by atoms with Crippen LogP contribution in [0.3, 0.4) is 0 Å². The monoisotopic (exact) mass is 450 g/mol. The number of rotatable bonds is 7. The molecule has 2 N–H and O–H groups in total. The standard InChI is InChI=1S/C26H27ClN2O3/c1-3-31-20-14-10-17(11-15-20)22-16-23(21-6-5-7-24(25(21)30)32-4-2)29-26(28-22)18-8-12-19(27)13-9-18/h5-15,23,26,29-30H,3-4,16H2,1-2H3/t23-,26-/m1/s1. The first-order chi connectivity index (χ1) is 15.6. The quantitative estimate of drug-likeness (QED) is 0.459. The van der Waals surface area contributed by atoms with Gasteiger partial charge >= 0.3 is 0 Å². The summed E-state index contributed by atoms with van der Waals surface area (Å²) in [5.74, 6) is 1.48. The van der Waals surface area contributed by atoms with Gasteiger partial charge in [0.25, 0.3) is 0 Å². The summed E-state index contributed by atoms with van der Waals surface area (Å²) in [7, 11) is 0. The molecule has 0 bridgehead atoms. The lowest BCUT2D eigenvalue weighted by Gasteiger charge is -2.31. The van der Waals surface area contributed by atoms with E-state index in [0.717, 1.165) is 28.2 Å². The number of hydrogen-bond donors (Lipinski definition) is 2. The minimum absolute atomic E-state index is 0.143. The summed E-state index contributed by atoms with van der Waals surface area (Å²) in [6, 6.07) is 21.1. The molecule has 0 unspecified atom stereocenters. The first-order valence-electron chi connectivity index (χ1n) is 10.8. The molecule has 0 amide bonds. The Bertz CT molecular complexity index is 1080. The number of phenols is 1. The first kappa shape index (κ1) is 22.2.